The van der Waals surface area contributed by atoms with E-state index in [0.717, 1.165) is 25.9 Å². The van der Waals surface area contributed by atoms with Crippen molar-refractivity contribution < 1.29 is 10.2 Å². The topological polar surface area (TPSA) is 84.5 Å². The van der Waals surface area contributed by atoms with Gasteiger partial charge in [-0.1, -0.05) is 0 Å². The number of rotatable bonds is 0. The number of phenols is 2. The lowest BCUT2D eigenvalue weighted by Crippen LogP contribution is -2.15. The molecule has 0 radical (unpaired) electrons. The van der Waals surface area contributed by atoms with Crippen molar-refractivity contribution in [2.24, 2.45) is 14.1 Å². The Kier molecular flexibility index (Phi) is 6.94. The molecule has 0 fully saturated rings. The van der Waals surface area contributed by atoms with Crippen molar-refractivity contribution in [3.63, 3.8) is 0 Å². The number of hydrogen-bond donors (Lipinski definition) is 2. The van der Waals surface area contributed by atoms with Gasteiger partial charge in [0, 0.05) is 36.9 Å². The molecule has 0 aliphatic heterocycles. The molecule has 0 amide bonds. The number of aryl methyl sites for hydroxylation is 4. The summed E-state index contributed by atoms with van der Waals surface area (Å²) in [5.74, 6) is -0.493. The highest BCUT2D eigenvalue weighted by Crippen LogP contribution is 2.29. The van der Waals surface area contributed by atoms with Gasteiger partial charge < -0.3 is 19.3 Å². The summed E-state index contributed by atoms with van der Waals surface area (Å²) in [6, 6.07) is 6.79. The predicted molar refractivity (Wildman–Crippen MR) is 146 cm³/mol. The highest BCUT2D eigenvalue weighted by atomic mass is 127. The minimum absolute atomic E-state index is 0.124. The summed E-state index contributed by atoms with van der Waals surface area (Å²) < 4.78 is 5.34. The fourth-order valence-electron chi connectivity index (χ4n) is 3.51. The first kappa shape index (κ1) is 24.6. The first-order valence-electron chi connectivity index (χ1n) is 9.83. The van der Waals surface area contributed by atoms with Crippen LogP contribution in [-0.4, -0.2) is 19.3 Å². The normalized spacial score (nSPS) is 11.0. The minimum atomic E-state index is -0.274. The second-order valence-corrected chi connectivity index (χ2v) is 10.0. The third kappa shape index (κ3) is 4.14. The van der Waals surface area contributed by atoms with Crippen molar-refractivity contribution in [2.45, 2.75) is 27.7 Å². The Bertz CT molecular complexity index is 1400. The van der Waals surface area contributed by atoms with Gasteiger partial charge >= 0.3 is 0 Å². The van der Waals surface area contributed by atoms with Crippen LogP contribution < -0.4 is 10.9 Å². The van der Waals surface area contributed by atoms with Gasteiger partial charge in [0.15, 0.2) is 11.5 Å². The van der Waals surface area contributed by atoms with Crippen molar-refractivity contribution in [1.82, 2.24) is 9.13 Å². The number of pyridine rings is 2. The lowest BCUT2D eigenvalue weighted by molar-refractivity contribution is 0.404. The van der Waals surface area contributed by atoms with Crippen LogP contribution in [0.1, 0.15) is 22.5 Å². The molecule has 0 unspecified atom stereocenters. The molecule has 168 valence electrons. The van der Waals surface area contributed by atoms with E-state index < -0.39 is 0 Å². The van der Waals surface area contributed by atoms with Gasteiger partial charge in [-0.15, -0.1) is 0 Å². The van der Waals surface area contributed by atoms with Crippen LogP contribution in [0.5, 0.6) is 11.5 Å². The van der Waals surface area contributed by atoms with Gasteiger partial charge in [-0.2, -0.15) is 0 Å². The maximum Gasteiger partial charge on any atom is 0.203 e. The van der Waals surface area contributed by atoms with Crippen molar-refractivity contribution in [1.29, 1.82) is 0 Å². The van der Waals surface area contributed by atoms with Crippen LogP contribution in [0.15, 0.2) is 33.9 Å². The molecule has 0 aliphatic carbocycles. The van der Waals surface area contributed by atoms with Crippen LogP contribution in [0.3, 0.4) is 0 Å². The first-order valence-corrected chi connectivity index (χ1v) is 12.0. The zero-order chi connectivity index (χ0) is 24.1. The standard InChI is InChI=1S/C13H14INO.C11H10INO3/c1-7-5-10-11(6-8(7)2)15(4)9(3)12(14)13(10)16;1-5-10(12)11(16)6-3-8(14)9(15)4-7(6)13(5)2/h5-6H,1-4H3;3-4,14-15H,1-2H3. The summed E-state index contributed by atoms with van der Waals surface area (Å²) in [4.78, 5) is 24.1. The summed E-state index contributed by atoms with van der Waals surface area (Å²) in [5, 5.41) is 20.0. The maximum atomic E-state index is 12.1. The van der Waals surface area contributed by atoms with Crippen molar-refractivity contribution in [3.8, 4) is 11.5 Å². The van der Waals surface area contributed by atoms with E-state index in [1.807, 2.05) is 68.1 Å². The average molecular weight is 658 g/mol. The number of aromatic nitrogens is 2. The van der Waals surface area contributed by atoms with E-state index >= 15 is 0 Å². The average Bonchev–Trinajstić information content (AvgIpc) is 2.76. The molecule has 6 nitrogen and oxygen atoms in total. The molecule has 32 heavy (non-hydrogen) atoms. The van der Waals surface area contributed by atoms with Crippen LogP contribution in [0.2, 0.25) is 0 Å². The molecule has 0 saturated heterocycles. The fourth-order valence-corrected chi connectivity index (χ4v) is 4.81. The lowest BCUT2D eigenvalue weighted by Gasteiger charge is -2.13. The zero-order valence-electron chi connectivity index (χ0n) is 18.7. The predicted octanol–water partition coefficient (Wildman–Crippen LogP) is 4.93. The highest BCUT2D eigenvalue weighted by Gasteiger charge is 2.13. The van der Waals surface area contributed by atoms with Gasteiger partial charge in [-0.05, 0) is 102 Å². The van der Waals surface area contributed by atoms with Gasteiger partial charge in [0.2, 0.25) is 10.9 Å². The van der Waals surface area contributed by atoms with Crippen LogP contribution in [0.4, 0.5) is 0 Å². The van der Waals surface area contributed by atoms with Gasteiger partial charge in [0.25, 0.3) is 0 Å². The number of fused-ring (bicyclic) bond motifs is 2. The Morgan fingerprint density at radius 2 is 1.03 bits per heavy atom. The monoisotopic (exact) mass is 658 g/mol. The molecular formula is C24H24I2N2O4. The second kappa shape index (κ2) is 9.05. The third-order valence-electron chi connectivity index (χ3n) is 5.96. The van der Waals surface area contributed by atoms with Crippen LogP contribution in [-0.2, 0) is 14.1 Å². The first-order chi connectivity index (χ1) is 14.9. The molecule has 0 bridgehead atoms. The Morgan fingerprint density at radius 1 is 0.656 bits per heavy atom. The van der Waals surface area contributed by atoms with E-state index in [2.05, 4.69) is 40.1 Å². The van der Waals surface area contributed by atoms with Crippen molar-refractivity contribution >= 4 is 67.0 Å². The molecule has 0 aliphatic rings. The quantitative estimate of drug-likeness (QED) is 0.208. The maximum absolute atomic E-state index is 12.1. The highest BCUT2D eigenvalue weighted by molar-refractivity contribution is 14.1. The summed E-state index contributed by atoms with van der Waals surface area (Å²) in [6.07, 6.45) is 0. The molecule has 2 aromatic heterocycles. The van der Waals surface area contributed by atoms with Gasteiger partial charge in [0.05, 0.1) is 23.6 Å². The second-order valence-electron chi connectivity index (χ2n) is 7.89. The fraction of sp³-hybridized carbons (Fsp3) is 0.250. The van der Waals surface area contributed by atoms with Crippen LogP contribution >= 0.6 is 45.2 Å². The molecule has 0 atom stereocenters. The van der Waals surface area contributed by atoms with E-state index in [-0.39, 0.29) is 22.4 Å². The van der Waals surface area contributed by atoms with Crippen LogP contribution in [0.25, 0.3) is 21.8 Å². The van der Waals surface area contributed by atoms with Gasteiger partial charge in [0.1, 0.15) is 0 Å². The number of halogens is 2. The number of aromatic hydroxyl groups is 2. The van der Waals surface area contributed by atoms with Gasteiger partial charge in [-0.25, -0.2) is 0 Å². The third-order valence-corrected chi connectivity index (χ3v) is 8.50. The number of benzene rings is 2. The van der Waals surface area contributed by atoms with Crippen molar-refractivity contribution in [3.05, 3.63) is 74.4 Å². The Balaban J connectivity index is 0.000000181. The van der Waals surface area contributed by atoms with Crippen LogP contribution in [0, 0.1) is 34.8 Å². The minimum Gasteiger partial charge on any atom is -0.504 e. The number of hydrogen-bond acceptors (Lipinski definition) is 4. The van der Waals surface area contributed by atoms with E-state index in [1.165, 1.54) is 23.3 Å². The van der Waals surface area contributed by atoms with E-state index in [1.54, 1.807) is 0 Å². The SMILES string of the molecule is Cc1c(I)c(=O)c2cc(O)c(O)cc2n1C.Cc1cc2c(=O)c(I)c(C)n(C)c2cc1C. The van der Waals surface area contributed by atoms with E-state index in [4.69, 9.17) is 0 Å². The van der Waals surface area contributed by atoms with E-state index in [0.29, 0.717) is 14.5 Å². The Morgan fingerprint density at radius 3 is 1.53 bits per heavy atom. The number of phenolic OH excluding ortho intramolecular Hbond substituents is 2. The Hall–Kier alpha value is -2.08. The summed E-state index contributed by atoms with van der Waals surface area (Å²) in [5.41, 5.74) is 5.91. The smallest absolute Gasteiger partial charge is 0.203 e. The zero-order valence-corrected chi connectivity index (χ0v) is 23.0. The van der Waals surface area contributed by atoms with E-state index in [9.17, 15) is 19.8 Å². The number of nitrogens with zero attached hydrogens (tertiary/aromatic N) is 2. The van der Waals surface area contributed by atoms with Crippen molar-refractivity contribution in [2.75, 3.05) is 0 Å². The lowest BCUT2D eigenvalue weighted by atomic mass is 10.1. The molecule has 0 spiro atoms. The summed E-state index contributed by atoms with van der Waals surface area (Å²) in [6.45, 7) is 7.94. The molecule has 2 heterocycles. The largest absolute Gasteiger partial charge is 0.504 e. The van der Waals surface area contributed by atoms with Gasteiger partial charge in [-0.3, -0.25) is 9.59 Å². The summed E-state index contributed by atoms with van der Waals surface area (Å²) >= 11 is 4.12. The molecular weight excluding hydrogens is 634 g/mol. The molecule has 2 aromatic carbocycles. The molecule has 2 N–H and O–H groups in total. The molecule has 0 saturated carbocycles. The molecule has 8 heteroatoms. The Labute approximate surface area is 212 Å². The molecule has 4 rings (SSSR count). The summed E-state index contributed by atoms with van der Waals surface area (Å²) in [7, 11) is 3.82. The molecule has 4 aromatic rings.